The second-order valence-corrected chi connectivity index (χ2v) is 3.74. The number of amides is 1. The van der Waals surface area contributed by atoms with Crippen LogP contribution in [0.2, 0.25) is 0 Å². The fourth-order valence-electron chi connectivity index (χ4n) is 1.08. The first-order valence-electron chi connectivity index (χ1n) is 4.93. The average molecular weight is 219 g/mol. The van der Waals surface area contributed by atoms with Crippen molar-refractivity contribution in [2.24, 2.45) is 0 Å². The summed E-state index contributed by atoms with van der Waals surface area (Å²) in [7, 11) is 0. The maximum atomic E-state index is 11.3. The summed E-state index contributed by atoms with van der Waals surface area (Å²) in [5.41, 5.74) is 0. The van der Waals surface area contributed by atoms with Crippen molar-refractivity contribution >= 4 is 17.5 Å². The van der Waals surface area contributed by atoms with Crippen molar-refractivity contribution in [2.75, 3.05) is 13.1 Å². The Morgan fingerprint density at radius 2 is 1.93 bits per heavy atom. The predicted octanol–water partition coefficient (Wildman–Crippen LogP) is 1.63. The average Bonchev–Trinajstić information content (AvgIpc) is 2.13. The number of carbonyl (C=O) groups is 1. The van der Waals surface area contributed by atoms with Gasteiger partial charge >= 0.3 is 0 Å². The fraction of sp³-hybridized carbons (Fsp3) is 0.700. The van der Waals surface area contributed by atoms with Crippen LogP contribution in [0.15, 0.2) is 11.6 Å². The summed E-state index contributed by atoms with van der Waals surface area (Å²) >= 11 is 5.53. The van der Waals surface area contributed by atoms with Crippen LogP contribution in [0.25, 0.3) is 0 Å². The molecule has 2 N–H and O–H groups in total. The lowest BCUT2D eigenvalue weighted by molar-refractivity contribution is -0.120. The predicted molar refractivity (Wildman–Crippen MR) is 60.4 cm³/mol. The second-order valence-electron chi connectivity index (χ2n) is 3.20. The molecule has 14 heavy (non-hydrogen) atoms. The summed E-state index contributed by atoms with van der Waals surface area (Å²) in [6.07, 6.45) is 1.93. The first-order valence-corrected chi connectivity index (χ1v) is 5.31. The van der Waals surface area contributed by atoms with Crippen LogP contribution >= 0.6 is 11.6 Å². The summed E-state index contributed by atoms with van der Waals surface area (Å²) in [5, 5.41) is 6.32. The molecular formula is C10H19ClN2O. The van der Waals surface area contributed by atoms with E-state index in [2.05, 4.69) is 31.1 Å². The maximum absolute atomic E-state index is 11.3. The molecule has 0 radical (unpaired) electrons. The van der Waals surface area contributed by atoms with Gasteiger partial charge in [0, 0.05) is 17.6 Å². The van der Waals surface area contributed by atoms with Gasteiger partial charge in [-0.3, -0.25) is 4.79 Å². The van der Waals surface area contributed by atoms with E-state index in [0.29, 0.717) is 18.1 Å². The zero-order valence-electron chi connectivity index (χ0n) is 8.90. The van der Waals surface area contributed by atoms with Crippen molar-refractivity contribution in [3.63, 3.8) is 0 Å². The molecule has 0 bridgehead atoms. The Labute approximate surface area is 90.9 Å². The van der Waals surface area contributed by atoms with E-state index in [1.165, 1.54) is 0 Å². The first-order chi connectivity index (χ1) is 6.60. The Kier molecular flexibility index (Phi) is 7.52. The lowest BCUT2D eigenvalue weighted by Crippen LogP contribution is -2.40. The van der Waals surface area contributed by atoms with Gasteiger partial charge in [0.1, 0.15) is 0 Å². The summed E-state index contributed by atoms with van der Waals surface area (Å²) in [4.78, 5) is 11.3. The van der Waals surface area contributed by atoms with Gasteiger partial charge in [-0.25, -0.2) is 0 Å². The summed E-state index contributed by atoms with van der Waals surface area (Å²) in [5.74, 6) is 0.0108. The molecule has 0 spiro atoms. The van der Waals surface area contributed by atoms with Gasteiger partial charge < -0.3 is 10.6 Å². The van der Waals surface area contributed by atoms with Crippen molar-refractivity contribution in [3.05, 3.63) is 11.6 Å². The molecule has 0 fully saturated rings. The minimum Gasteiger partial charge on any atom is -0.352 e. The van der Waals surface area contributed by atoms with E-state index in [9.17, 15) is 4.79 Å². The van der Waals surface area contributed by atoms with Crippen LogP contribution in [0.1, 0.15) is 26.7 Å². The van der Waals surface area contributed by atoms with E-state index in [4.69, 9.17) is 11.6 Å². The molecule has 0 unspecified atom stereocenters. The smallest absolute Gasteiger partial charge is 0.234 e. The Hall–Kier alpha value is -0.540. The molecule has 0 aliphatic carbocycles. The second kappa shape index (κ2) is 7.83. The molecule has 0 heterocycles. The van der Waals surface area contributed by atoms with E-state index in [-0.39, 0.29) is 11.9 Å². The van der Waals surface area contributed by atoms with Crippen LogP contribution in [0, 0.1) is 0 Å². The fourth-order valence-corrected chi connectivity index (χ4v) is 1.18. The van der Waals surface area contributed by atoms with Gasteiger partial charge in [0.15, 0.2) is 0 Å². The van der Waals surface area contributed by atoms with Crippen LogP contribution < -0.4 is 10.6 Å². The molecular weight excluding hydrogens is 200 g/mol. The maximum Gasteiger partial charge on any atom is 0.234 e. The Morgan fingerprint density at radius 3 is 2.36 bits per heavy atom. The third kappa shape index (κ3) is 6.92. The normalized spacial score (nSPS) is 10.3. The zero-order chi connectivity index (χ0) is 11.0. The third-order valence-electron chi connectivity index (χ3n) is 1.95. The van der Waals surface area contributed by atoms with Crippen LogP contribution in [-0.2, 0) is 4.79 Å². The highest BCUT2D eigenvalue weighted by molar-refractivity contribution is 6.29. The topological polar surface area (TPSA) is 41.1 Å². The van der Waals surface area contributed by atoms with Crippen molar-refractivity contribution in [1.82, 2.24) is 10.6 Å². The van der Waals surface area contributed by atoms with Crippen molar-refractivity contribution < 1.29 is 4.79 Å². The van der Waals surface area contributed by atoms with E-state index >= 15 is 0 Å². The largest absolute Gasteiger partial charge is 0.352 e. The van der Waals surface area contributed by atoms with Gasteiger partial charge in [-0.2, -0.15) is 0 Å². The minimum atomic E-state index is 0.0108. The molecule has 0 aliphatic rings. The lowest BCUT2D eigenvalue weighted by Gasteiger charge is -2.14. The van der Waals surface area contributed by atoms with Crippen LogP contribution in [0.4, 0.5) is 0 Å². The number of carbonyl (C=O) groups excluding carboxylic acids is 1. The van der Waals surface area contributed by atoms with Crippen molar-refractivity contribution in [1.29, 1.82) is 0 Å². The van der Waals surface area contributed by atoms with Gasteiger partial charge in [0.2, 0.25) is 5.91 Å². The van der Waals surface area contributed by atoms with E-state index < -0.39 is 0 Å². The van der Waals surface area contributed by atoms with E-state index in [0.717, 1.165) is 12.8 Å². The number of hydrogen-bond donors (Lipinski definition) is 2. The molecule has 0 saturated heterocycles. The highest BCUT2D eigenvalue weighted by atomic mass is 35.5. The number of rotatable bonds is 7. The van der Waals surface area contributed by atoms with Gasteiger partial charge in [-0.05, 0) is 12.8 Å². The Morgan fingerprint density at radius 1 is 1.36 bits per heavy atom. The van der Waals surface area contributed by atoms with Gasteiger partial charge in [0.25, 0.3) is 0 Å². The number of hydrogen-bond acceptors (Lipinski definition) is 2. The van der Waals surface area contributed by atoms with Crippen molar-refractivity contribution in [2.45, 2.75) is 32.7 Å². The van der Waals surface area contributed by atoms with E-state index in [1.54, 1.807) is 0 Å². The lowest BCUT2D eigenvalue weighted by atomic mass is 10.2. The highest BCUT2D eigenvalue weighted by Gasteiger charge is 2.06. The summed E-state index contributed by atoms with van der Waals surface area (Å²) in [6.45, 7) is 8.40. The minimum absolute atomic E-state index is 0.0108. The third-order valence-corrected chi connectivity index (χ3v) is 2.09. The first kappa shape index (κ1) is 13.5. The molecule has 0 saturated carbocycles. The summed E-state index contributed by atoms with van der Waals surface area (Å²) in [6, 6.07) is 0.281. The van der Waals surface area contributed by atoms with Gasteiger partial charge in [0.05, 0.1) is 6.54 Å². The molecule has 3 nitrogen and oxygen atoms in total. The molecule has 0 aromatic rings. The van der Waals surface area contributed by atoms with Crippen LogP contribution in [0.3, 0.4) is 0 Å². The monoisotopic (exact) mass is 218 g/mol. The number of halogens is 1. The van der Waals surface area contributed by atoms with Crippen LogP contribution in [0.5, 0.6) is 0 Å². The molecule has 0 aromatic heterocycles. The Balaban J connectivity index is 3.59. The van der Waals surface area contributed by atoms with Gasteiger partial charge in [-0.1, -0.05) is 32.0 Å². The molecule has 1 amide bonds. The zero-order valence-corrected chi connectivity index (χ0v) is 9.66. The van der Waals surface area contributed by atoms with Gasteiger partial charge in [-0.15, -0.1) is 0 Å². The summed E-state index contributed by atoms with van der Waals surface area (Å²) < 4.78 is 0. The van der Waals surface area contributed by atoms with Crippen molar-refractivity contribution in [3.8, 4) is 0 Å². The quantitative estimate of drug-likeness (QED) is 0.682. The molecule has 0 aromatic carbocycles. The molecule has 0 aliphatic heterocycles. The SMILES string of the molecule is C=C(Cl)CNCC(=O)NC(CC)CC. The highest BCUT2D eigenvalue weighted by Crippen LogP contribution is 1.95. The molecule has 0 atom stereocenters. The molecule has 82 valence electrons. The number of nitrogens with one attached hydrogen (secondary N) is 2. The van der Waals surface area contributed by atoms with E-state index in [1.807, 2.05) is 0 Å². The Bertz CT molecular complexity index is 191. The molecule has 4 heteroatoms. The van der Waals surface area contributed by atoms with Crippen LogP contribution in [-0.4, -0.2) is 25.0 Å². The standard InChI is InChI=1S/C10H19ClN2O/c1-4-9(5-2)13-10(14)7-12-6-8(3)11/h9,12H,3-7H2,1-2H3,(H,13,14). The molecule has 0 rings (SSSR count).